The average Bonchev–Trinajstić information content (AvgIpc) is 2.99. The van der Waals surface area contributed by atoms with Crippen molar-refractivity contribution >= 4 is 27.5 Å². The zero-order valence-electron chi connectivity index (χ0n) is 13.6. The molecule has 0 bridgehead atoms. The molecule has 0 aromatic carbocycles. The SMILES string of the molecule is CC(C)COCCCNC(=O)CCn1cnc2sccc2c1=O. The number of hydrogen-bond acceptors (Lipinski definition) is 5. The summed E-state index contributed by atoms with van der Waals surface area (Å²) in [6, 6.07) is 1.77. The van der Waals surface area contributed by atoms with E-state index in [-0.39, 0.29) is 17.9 Å². The van der Waals surface area contributed by atoms with Gasteiger partial charge in [-0.15, -0.1) is 11.3 Å². The first-order chi connectivity index (χ1) is 11.1. The van der Waals surface area contributed by atoms with Gasteiger partial charge in [-0.3, -0.25) is 14.2 Å². The topological polar surface area (TPSA) is 73.2 Å². The van der Waals surface area contributed by atoms with Crippen LogP contribution in [-0.2, 0) is 16.1 Å². The van der Waals surface area contributed by atoms with Gasteiger partial charge in [0.25, 0.3) is 5.56 Å². The maximum Gasteiger partial charge on any atom is 0.262 e. The van der Waals surface area contributed by atoms with Gasteiger partial charge in [-0.2, -0.15) is 0 Å². The molecule has 0 unspecified atom stereocenters. The third-order valence-electron chi connectivity index (χ3n) is 3.27. The van der Waals surface area contributed by atoms with E-state index in [1.807, 2.05) is 5.38 Å². The maximum atomic E-state index is 12.2. The zero-order valence-corrected chi connectivity index (χ0v) is 14.4. The summed E-state index contributed by atoms with van der Waals surface area (Å²) in [5.41, 5.74) is -0.0915. The van der Waals surface area contributed by atoms with Crippen LogP contribution < -0.4 is 10.9 Å². The van der Waals surface area contributed by atoms with Crippen LogP contribution in [0, 0.1) is 5.92 Å². The quantitative estimate of drug-likeness (QED) is 0.711. The Morgan fingerprint density at radius 3 is 3.09 bits per heavy atom. The van der Waals surface area contributed by atoms with Gasteiger partial charge in [-0.1, -0.05) is 13.8 Å². The normalized spacial score (nSPS) is 11.3. The van der Waals surface area contributed by atoms with Crippen molar-refractivity contribution in [3.05, 3.63) is 28.1 Å². The molecule has 2 aromatic heterocycles. The monoisotopic (exact) mass is 337 g/mol. The van der Waals surface area contributed by atoms with Crippen LogP contribution >= 0.6 is 11.3 Å². The van der Waals surface area contributed by atoms with Crippen molar-refractivity contribution in [1.29, 1.82) is 0 Å². The molecule has 1 amide bonds. The molecule has 6 nitrogen and oxygen atoms in total. The van der Waals surface area contributed by atoms with E-state index < -0.39 is 0 Å². The first kappa shape index (κ1) is 17.6. The predicted molar refractivity (Wildman–Crippen MR) is 91.8 cm³/mol. The zero-order chi connectivity index (χ0) is 16.7. The van der Waals surface area contributed by atoms with Crippen molar-refractivity contribution in [2.45, 2.75) is 33.2 Å². The highest BCUT2D eigenvalue weighted by atomic mass is 32.1. The smallest absolute Gasteiger partial charge is 0.262 e. The lowest BCUT2D eigenvalue weighted by Gasteiger charge is -2.08. The van der Waals surface area contributed by atoms with Gasteiger partial charge in [-0.05, 0) is 23.8 Å². The second-order valence-electron chi connectivity index (χ2n) is 5.80. The van der Waals surface area contributed by atoms with E-state index in [0.29, 0.717) is 31.0 Å². The number of carbonyl (C=O) groups is 1. The minimum atomic E-state index is -0.0915. The summed E-state index contributed by atoms with van der Waals surface area (Å²) in [5, 5.41) is 5.30. The van der Waals surface area contributed by atoms with E-state index in [1.165, 1.54) is 22.2 Å². The minimum Gasteiger partial charge on any atom is -0.381 e. The molecule has 0 aliphatic carbocycles. The van der Waals surface area contributed by atoms with Gasteiger partial charge in [0.1, 0.15) is 4.83 Å². The fourth-order valence-electron chi connectivity index (χ4n) is 2.08. The first-order valence-corrected chi connectivity index (χ1v) is 8.73. The van der Waals surface area contributed by atoms with Gasteiger partial charge < -0.3 is 10.1 Å². The van der Waals surface area contributed by atoms with Crippen LogP contribution in [0.15, 0.2) is 22.6 Å². The standard InChI is InChI=1S/C16H23N3O3S/c1-12(2)10-22-8-3-6-17-14(20)4-7-19-11-18-15-13(16(19)21)5-9-23-15/h5,9,11-12H,3-4,6-8,10H2,1-2H3,(H,17,20). The lowest BCUT2D eigenvalue weighted by Crippen LogP contribution is -2.28. The van der Waals surface area contributed by atoms with Crippen LogP contribution in [0.5, 0.6) is 0 Å². The van der Waals surface area contributed by atoms with Crippen LogP contribution in [0.2, 0.25) is 0 Å². The number of carbonyl (C=O) groups excluding carboxylic acids is 1. The van der Waals surface area contributed by atoms with E-state index in [9.17, 15) is 9.59 Å². The number of hydrogen-bond donors (Lipinski definition) is 1. The molecule has 23 heavy (non-hydrogen) atoms. The summed E-state index contributed by atoms with van der Waals surface area (Å²) in [6.45, 7) is 6.53. The van der Waals surface area contributed by atoms with Crippen LogP contribution in [0.25, 0.3) is 10.2 Å². The van der Waals surface area contributed by atoms with Crippen molar-refractivity contribution in [3.8, 4) is 0 Å². The van der Waals surface area contributed by atoms with Gasteiger partial charge in [0.15, 0.2) is 0 Å². The molecule has 0 saturated carbocycles. The van der Waals surface area contributed by atoms with E-state index >= 15 is 0 Å². The second-order valence-corrected chi connectivity index (χ2v) is 6.70. The molecule has 0 aliphatic rings. The molecule has 0 fully saturated rings. The molecule has 0 atom stereocenters. The fourth-order valence-corrected chi connectivity index (χ4v) is 2.81. The van der Waals surface area contributed by atoms with Crippen molar-refractivity contribution in [1.82, 2.24) is 14.9 Å². The number of aryl methyl sites for hydroxylation is 1. The van der Waals surface area contributed by atoms with Gasteiger partial charge >= 0.3 is 0 Å². The van der Waals surface area contributed by atoms with E-state index in [2.05, 4.69) is 24.1 Å². The lowest BCUT2D eigenvalue weighted by molar-refractivity contribution is -0.121. The van der Waals surface area contributed by atoms with Gasteiger partial charge in [0, 0.05) is 32.7 Å². The Morgan fingerprint density at radius 1 is 1.48 bits per heavy atom. The Labute approximate surface area is 139 Å². The third-order valence-corrected chi connectivity index (χ3v) is 4.09. The fraction of sp³-hybridized carbons (Fsp3) is 0.562. The molecular formula is C16H23N3O3S. The van der Waals surface area contributed by atoms with E-state index in [1.54, 1.807) is 6.07 Å². The highest BCUT2D eigenvalue weighted by Crippen LogP contribution is 2.13. The second kappa shape index (κ2) is 8.79. The minimum absolute atomic E-state index is 0.0637. The van der Waals surface area contributed by atoms with Crippen LogP contribution in [0.4, 0.5) is 0 Å². The maximum absolute atomic E-state index is 12.2. The van der Waals surface area contributed by atoms with Crippen LogP contribution in [0.3, 0.4) is 0 Å². The van der Waals surface area contributed by atoms with Crippen LogP contribution in [0.1, 0.15) is 26.7 Å². The Morgan fingerprint density at radius 2 is 2.30 bits per heavy atom. The van der Waals surface area contributed by atoms with Gasteiger partial charge in [-0.25, -0.2) is 4.98 Å². The molecule has 2 rings (SSSR count). The molecule has 126 valence electrons. The summed E-state index contributed by atoms with van der Waals surface area (Å²) >= 11 is 1.44. The van der Waals surface area contributed by atoms with Crippen molar-refractivity contribution in [2.75, 3.05) is 19.8 Å². The molecule has 0 aliphatic heterocycles. The number of aromatic nitrogens is 2. The van der Waals surface area contributed by atoms with Crippen LogP contribution in [-0.4, -0.2) is 35.2 Å². The van der Waals surface area contributed by atoms with Gasteiger partial charge in [0.05, 0.1) is 11.7 Å². The molecule has 2 aromatic rings. The van der Waals surface area contributed by atoms with Crippen molar-refractivity contribution in [2.24, 2.45) is 5.92 Å². The first-order valence-electron chi connectivity index (χ1n) is 7.85. The lowest BCUT2D eigenvalue weighted by atomic mass is 10.2. The highest BCUT2D eigenvalue weighted by molar-refractivity contribution is 7.16. The summed E-state index contributed by atoms with van der Waals surface area (Å²) < 4.78 is 6.94. The Hall–Kier alpha value is -1.73. The van der Waals surface area contributed by atoms with Gasteiger partial charge in [0.2, 0.25) is 5.91 Å². The summed E-state index contributed by atoms with van der Waals surface area (Å²) in [4.78, 5) is 28.9. The van der Waals surface area contributed by atoms with Crippen molar-refractivity contribution < 1.29 is 9.53 Å². The Kier molecular flexibility index (Phi) is 6.73. The van der Waals surface area contributed by atoms with Crippen molar-refractivity contribution in [3.63, 3.8) is 0 Å². The number of thiophene rings is 1. The molecule has 1 N–H and O–H groups in total. The largest absolute Gasteiger partial charge is 0.381 e. The van der Waals surface area contributed by atoms with E-state index in [4.69, 9.17) is 4.74 Å². The number of amides is 1. The molecule has 7 heteroatoms. The average molecular weight is 337 g/mol. The third kappa shape index (κ3) is 5.44. The number of nitrogens with zero attached hydrogens (tertiary/aromatic N) is 2. The predicted octanol–water partition coefficient (Wildman–Crippen LogP) is 2.03. The van der Waals surface area contributed by atoms with E-state index in [0.717, 1.165) is 17.9 Å². The molecular weight excluding hydrogens is 314 g/mol. The number of rotatable bonds is 9. The number of ether oxygens (including phenoxy) is 1. The number of nitrogens with one attached hydrogen (secondary N) is 1. The Balaban J connectivity index is 1.69. The molecule has 0 spiro atoms. The molecule has 0 radical (unpaired) electrons. The summed E-state index contributed by atoms with van der Waals surface area (Å²) in [7, 11) is 0. The highest BCUT2D eigenvalue weighted by Gasteiger charge is 2.07. The Bertz CT molecular complexity index is 693. The number of fused-ring (bicyclic) bond motifs is 1. The molecule has 2 heterocycles. The summed E-state index contributed by atoms with van der Waals surface area (Å²) in [5.74, 6) is 0.461. The molecule has 0 saturated heterocycles. The summed E-state index contributed by atoms with van der Waals surface area (Å²) in [6.07, 6.45) is 2.57.